The first-order valence-corrected chi connectivity index (χ1v) is 15.9. The zero-order valence-corrected chi connectivity index (χ0v) is 28.0. The molecule has 0 aromatic heterocycles. The molecule has 0 bridgehead atoms. The molecule has 0 aromatic rings. The van der Waals surface area contributed by atoms with Gasteiger partial charge in [0.05, 0.1) is 25.4 Å². The SMILES string of the molecule is CC(C)C[C@H](NC(=O)[C@@H](NC(=O)[C@H](CO)NC(=O)[C@H](C)NC(=O)[C@@H]1CCCN1)[C@@H](C)O)C(=O)N[C@@H](CCC(N)=O)C(=O)N[C@@H](CO)C(=O)O. The molecule has 1 rings (SSSR count). The molecular weight excluding hydrogens is 652 g/mol. The first-order valence-electron chi connectivity index (χ1n) is 15.9. The van der Waals surface area contributed by atoms with Gasteiger partial charge in [0.25, 0.3) is 0 Å². The number of aliphatic hydroxyl groups excluding tert-OH is 3. The monoisotopic (exact) mass is 702 g/mol. The topological polar surface area (TPSA) is 328 Å². The van der Waals surface area contributed by atoms with Crippen LogP contribution in [0, 0.1) is 5.92 Å². The summed E-state index contributed by atoms with van der Waals surface area (Å²) in [5, 5.41) is 55.3. The number of hydrogen-bond acceptors (Lipinski definition) is 12. The van der Waals surface area contributed by atoms with Crippen LogP contribution in [-0.4, -0.2) is 136 Å². The normalized spacial score (nSPS) is 18.4. The van der Waals surface area contributed by atoms with Crippen LogP contribution in [0.15, 0.2) is 0 Å². The van der Waals surface area contributed by atoms with Crippen molar-refractivity contribution in [2.75, 3.05) is 19.8 Å². The molecular formula is C29H50N8O12. The molecule has 0 spiro atoms. The molecule has 278 valence electrons. The summed E-state index contributed by atoms with van der Waals surface area (Å²) in [6, 6.07) is -9.47. The van der Waals surface area contributed by atoms with Crippen molar-refractivity contribution in [3.8, 4) is 0 Å². The number of aliphatic carboxylic acids is 1. The van der Waals surface area contributed by atoms with Crippen molar-refractivity contribution in [1.29, 1.82) is 0 Å². The van der Waals surface area contributed by atoms with E-state index in [1.807, 2.05) is 5.32 Å². The smallest absolute Gasteiger partial charge is 0.328 e. The average molecular weight is 703 g/mol. The van der Waals surface area contributed by atoms with Crippen LogP contribution in [0.1, 0.15) is 59.8 Å². The van der Waals surface area contributed by atoms with E-state index in [1.165, 1.54) is 6.92 Å². The minimum absolute atomic E-state index is 0.0219. The lowest BCUT2D eigenvalue weighted by molar-refractivity contribution is -0.143. The number of carbonyl (C=O) groups excluding carboxylic acids is 7. The van der Waals surface area contributed by atoms with Crippen molar-refractivity contribution in [3.05, 3.63) is 0 Å². The van der Waals surface area contributed by atoms with Gasteiger partial charge in [0.2, 0.25) is 41.4 Å². The van der Waals surface area contributed by atoms with Crippen molar-refractivity contribution in [2.45, 2.75) is 108 Å². The van der Waals surface area contributed by atoms with Crippen LogP contribution < -0.4 is 43.0 Å². The molecule has 49 heavy (non-hydrogen) atoms. The Bertz CT molecular complexity index is 1190. The lowest BCUT2D eigenvalue weighted by Crippen LogP contribution is -2.62. The molecule has 1 aliphatic heterocycles. The maximum Gasteiger partial charge on any atom is 0.328 e. The van der Waals surface area contributed by atoms with Crippen LogP contribution >= 0.6 is 0 Å². The van der Waals surface area contributed by atoms with Crippen molar-refractivity contribution in [1.82, 2.24) is 37.2 Å². The number of carboxylic acids is 1. The molecule has 20 nitrogen and oxygen atoms in total. The fourth-order valence-corrected chi connectivity index (χ4v) is 4.69. The Labute approximate surface area is 283 Å². The van der Waals surface area contributed by atoms with Gasteiger partial charge in [-0.2, -0.15) is 0 Å². The molecule has 8 atom stereocenters. The summed E-state index contributed by atoms with van der Waals surface area (Å²) in [4.78, 5) is 100. The van der Waals surface area contributed by atoms with E-state index < -0.39 is 115 Å². The largest absolute Gasteiger partial charge is 0.480 e. The van der Waals surface area contributed by atoms with E-state index in [0.717, 1.165) is 13.3 Å². The third-order valence-corrected chi connectivity index (χ3v) is 7.46. The fraction of sp³-hybridized carbons (Fsp3) is 0.724. The molecule has 7 amide bonds. The zero-order valence-electron chi connectivity index (χ0n) is 28.0. The highest BCUT2D eigenvalue weighted by Gasteiger charge is 2.35. The molecule has 0 aromatic carbocycles. The van der Waals surface area contributed by atoms with E-state index in [9.17, 15) is 53.7 Å². The van der Waals surface area contributed by atoms with Gasteiger partial charge in [0.15, 0.2) is 0 Å². The minimum atomic E-state index is -1.72. The molecule has 1 fully saturated rings. The molecule has 20 heteroatoms. The summed E-state index contributed by atoms with van der Waals surface area (Å²) >= 11 is 0. The predicted molar refractivity (Wildman–Crippen MR) is 170 cm³/mol. The Kier molecular flexibility index (Phi) is 18.1. The van der Waals surface area contributed by atoms with Gasteiger partial charge in [0.1, 0.15) is 36.3 Å². The van der Waals surface area contributed by atoms with Gasteiger partial charge in [-0.05, 0) is 52.0 Å². The van der Waals surface area contributed by atoms with Gasteiger partial charge in [-0.25, -0.2) is 4.79 Å². The Balaban J connectivity index is 3.04. The summed E-state index contributed by atoms with van der Waals surface area (Å²) in [6.07, 6.45) is -0.939. The van der Waals surface area contributed by atoms with Gasteiger partial charge >= 0.3 is 5.97 Å². The molecule has 1 heterocycles. The molecule has 13 N–H and O–H groups in total. The van der Waals surface area contributed by atoms with Gasteiger partial charge in [-0.3, -0.25) is 33.6 Å². The van der Waals surface area contributed by atoms with Crippen molar-refractivity contribution in [3.63, 3.8) is 0 Å². The molecule has 0 saturated carbocycles. The van der Waals surface area contributed by atoms with E-state index in [2.05, 4.69) is 31.9 Å². The van der Waals surface area contributed by atoms with Gasteiger partial charge in [-0.15, -0.1) is 0 Å². The second-order valence-electron chi connectivity index (χ2n) is 12.2. The predicted octanol–water partition coefficient (Wildman–Crippen LogP) is -5.57. The highest BCUT2D eigenvalue weighted by atomic mass is 16.4. The molecule has 0 unspecified atom stereocenters. The van der Waals surface area contributed by atoms with Crippen LogP contribution in [0.5, 0.6) is 0 Å². The highest BCUT2D eigenvalue weighted by molar-refractivity contribution is 5.97. The number of amides is 7. The Hall–Kier alpha value is -4.40. The van der Waals surface area contributed by atoms with E-state index in [4.69, 9.17) is 10.8 Å². The maximum absolute atomic E-state index is 13.3. The first kappa shape index (κ1) is 42.6. The lowest BCUT2D eigenvalue weighted by Gasteiger charge is -2.28. The second kappa shape index (κ2) is 20.9. The number of hydrogen-bond donors (Lipinski definition) is 12. The van der Waals surface area contributed by atoms with Gasteiger partial charge in [-0.1, -0.05) is 13.8 Å². The molecule has 1 saturated heterocycles. The van der Waals surface area contributed by atoms with Gasteiger partial charge < -0.3 is 63.4 Å². The Morgan fingerprint density at radius 1 is 0.735 bits per heavy atom. The second-order valence-corrected chi connectivity index (χ2v) is 12.2. The third kappa shape index (κ3) is 14.7. The Morgan fingerprint density at radius 3 is 1.76 bits per heavy atom. The number of rotatable bonds is 21. The van der Waals surface area contributed by atoms with Crippen molar-refractivity contribution >= 4 is 47.3 Å². The highest BCUT2D eigenvalue weighted by Crippen LogP contribution is 2.09. The Morgan fingerprint density at radius 2 is 1.27 bits per heavy atom. The standard InChI is InChI=1S/C29H50N8O12/c1-13(2)10-18(26(45)33-17(7-8-21(30)41)25(44)36-20(12-39)29(48)49)34-28(47)22(15(4)40)37-27(46)19(11-38)35-23(42)14(3)32-24(43)16-6-5-9-31-16/h13-20,22,31,38-40H,5-12H2,1-4H3,(H2,30,41)(H,32,43)(H,33,45)(H,34,47)(H,35,42)(H,36,44)(H,37,46)(H,48,49)/t14-,15+,16-,17-,18-,19-,20-,22-/m0/s1. The minimum Gasteiger partial charge on any atom is -0.480 e. The van der Waals surface area contributed by atoms with Gasteiger partial charge in [0, 0.05) is 6.42 Å². The van der Waals surface area contributed by atoms with E-state index in [1.54, 1.807) is 13.8 Å². The van der Waals surface area contributed by atoms with Crippen molar-refractivity contribution in [2.24, 2.45) is 11.7 Å². The number of aliphatic hydroxyl groups is 3. The average Bonchev–Trinajstić information content (AvgIpc) is 3.57. The summed E-state index contributed by atoms with van der Waals surface area (Å²) in [7, 11) is 0. The van der Waals surface area contributed by atoms with Crippen LogP contribution in [-0.2, 0) is 38.4 Å². The quantitative estimate of drug-likeness (QED) is 0.0532. The zero-order chi connectivity index (χ0) is 37.4. The lowest BCUT2D eigenvalue weighted by atomic mass is 10.0. The maximum atomic E-state index is 13.3. The summed E-state index contributed by atoms with van der Waals surface area (Å²) in [5.41, 5.74) is 5.16. The van der Waals surface area contributed by atoms with Crippen LogP contribution in [0.4, 0.5) is 0 Å². The molecule has 1 aliphatic rings. The molecule has 0 radical (unpaired) electrons. The van der Waals surface area contributed by atoms with Crippen LogP contribution in [0.25, 0.3) is 0 Å². The summed E-state index contributed by atoms with van der Waals surface area (Å²) < 4.78 is 0. The van der Waals surface area contributed by atoms with Crippen LogP contribution in [0.3, 0.4) is 0 Å². The fourth-order valence-electron chi connectivity index (χ4n) is 4.69. The van der Waals surface area contributed by atoms with E-state index >= 15 is 0 Å². The summed E-state index contributed by atoms with van der Waals surface area (Å²) in [5.74, 6) is -7.97. The summed E-state index contributed by atoms with van der Waals surface area (Å²) in [6.45, 7) is 4.72. The number of nitrogens with two attached hydrogens (primary N) is 1. The number of nitrogens with one attached hydrogen (secondary N) is 7. The number of carboxylic acid groups (broad SMARTS) is 1. The van der Waals surface area contributed by atoms with E-state index in [-0.39, 0.29) is 18.8 Å². The first-order chi connectivity index (χ1) is 22.9. The number of carbonyl (C=O) groups is 8. The third-order valence-electron chi connectivity index (χ3n) is 7.46. The van der Waals surface area contributed by atoms with Crippen LogP contribution in [0.2, 0.25) is 0 Å². The van der Waals surface area contributed by atoms with Crippen molar-refractivity contribution < 1.29 is 58.8 Å². The van der Waals surface area contributed by atoms with E-state index in [0.29, 0.717) is 13.0 Å². The molecule has 0 aliphatic carbocycles. The number of primary amides is 1.